The number of carbonyl (C=O) groups excluding carboxylic acids is 1. The Morgan fingerprint density at radius 2 is 2.35 bits per heavy atom. The third-order valence-corrected chi connectivity index (χ3v) is 3.24. The highest BCUT2D eigenvalue weighted by molar-refractivity contribution is 6.18. The highest BCUT2D eigenvalue weighted by atomic mass is 35.5. The number of nitriles is 1. The lowest BCUT2D eigenvalue weighted by Crippen LogP contribution is -2.24. The lowest BCUT2D eigenvalue weighted by molar-refractivity contribution is -0.117. The Hall–Kier alpha value is -1.60. The predicted molar refractivity (Wildman–Crippen MR) is 62.3 cm³/mol. The molecule has 1 amide bonds. The zero-order valence-electron chi connectivity index (χ0n) is 8.99. The van der Waals surface area contributed by atoms with Crippen molar-refractivity contribution in [3.63, 3.8) is 0 Å². The van der Waals surface area contributed by atoms with Gasteiger partial charge in [0.1, 0.15) is 11.9 Å². The third kappa shape index (κ3) is 2.25. The van der Waals surface area contributed by atoms with Crippen LogP contribution in [-0.2, 0) is 4.79 Å². The summed E-state index contributed by atoms with van der Waals surface area (Å²) in [5.74, 6) is -0.0585. The van der Waals surface area contributed by atoms with Gasteiger partial charge in [0.05, 0.1) is 5.56 Å². The highest BCUT2D eigenvalue weighted by Crippen LogP contribution is 2.27. The van der Waals surface area contributed by atoms with Gasteiger partial charge in [-0.3, -0.25) is 4.79 Å². The summed E-state index contributed by atoms with van der Waals surface area (Å²) < 4.78 is 13.1. The maximum absolute atomic E-state index is 13.1. The van der Waals surface area contributed by atoms with Crippen LogP contribution in [-0.4, -0.2) is 18.3 Å². The first kappa shape index (κ1) is 11.9. The van der Waals surface area contributed by atoms with Gasteiger partial charge in [0.15, 0.2) is 0 Å². The van der Waals surface area contributed by atoms with E-state index in [1.165, 1.54) is 18.2 Å². The fourth-order valence-electron chi connectivity index (χ4n) is 1.90. The second-order valence-electron chi connectivity index (χ2n) is 4.00. The maximum Gasteiger partial charge on any atom is 0.227 e. The van der Waals surface area contributed by atoms with Gasteiger partial charge >= 0.3 is 0 Å². The van der Waals surface area contributed by atoms with Crippen LogP contribution in [0.4, 0.5) is 10.1 Å². The first-order chi connectivity index (χ1) is 8.15. The molecule has 1 unspecified atom stereocenters. The Bertz CT molecular complexity index is 498. The molecule has 17 heavy (non-hydrogen) atoms. The van der Waals surface area contributed by atoms with Gasteiger partial charge in [0, 0.05) is 24.5 Å². The van der Waals surface area contributed by atoms with Gasteiger partial charge in [0.25, 0.3) is 0 Å². The number of hydrogen-bond acceptors (Lipinski definition) is 2. The number of nitrogens with zero attached hydrogens (tertiary/aromatic N) is 2. The topological polar surface area (TPSA) is 44.1 Å². The van der Waals surface area contributed by atoms with Crippen LogP contribution in [0.3, 0.4) is 0 Å². The minimum Gasteiger partial charge on any atom is -0.312 e. The fraction of sp³-hybridized carbons (Fsp3) is 0.333. The number of anilines is 1. The lowest BCUT2D eigenvalue weighted by Gasteiger charge is -2.16. The summed E-state index contributed by atoms with van der Waals surface area (Å²) >= 11 is 5.72. The van der Waals surface area contributed by atoms with Gasteiger partial charge in [-0.15, -0.1) is 11.6 Å². The van der Waals surface area contributed by atoms with Gasteiger partial charge in [-0.05, 0) is 24.1 Å². The summed E-state index contributed by atoms with van der Waals surface area (Å²) in [6.45, 7) is 0.527. The van der Waals surface area contributed by atoms with Crippen LogP contribution in [0.1, 0.15) is 12.0 Å². The van der Waals surface area contributed by atoms with Gasteiger partial charge in [-0.25, -0.2) is 4.39 Å². The van der Waals surface area contributed by atoms with Gasteiger partial charge in [0.2, 0.25) is 5.91 Å². The molecule has 0 aliphatic carbocycles. The second kappa shape index (κ2) is 4.72. The Morgan fingerprint density at radius 3 is 2.94 bits per heavy atom. The molecule has 1 atom stereocenters. The monoisotopic (exact) mass is 252 g/mol. The van der Waals surface area contributed by atoms with Crippen molar-refractivity contribution in [1.29, 1.82) is 5.26 Å². The quantitative estimate of drug-likeness (QED) is 0.758. The number of carbonyl (C=O) groups is 1. The smallest absolute Gasteiger partial charge is 0.227 e. The predicted octanol–water partition coefficient (Wildman–Crippen LogP) is 2.29. The molecule has 0 bridgehead atoms. The van der Waals surface area contributed by atoms with Gasteiger partial charge in [-0.1, -0.05) is 0 Å². The van der Waals surface area contributed by atoms with Crippen molar-refractivity contribution < 1.29 is 9.18 Å². The average molecular weight is 253 g/mol. The molecule has 0 spiro atoms. The van der Waals surface area contributed by atoms with E-state index in [9.17, 15) is 9.18 Å². The van der Waals surface area contributed by atoms with E-state index in [-0.39, 0.29) is 17.4 Å². The third-order valence-electron chi connectivity index (χ3n) is 2.81. The summed E-state index contributed by atoms with van der Waals surface area (Å²) in [6.07, 6.45) is 0.406. The minimum atomic E-state index is -0.572. The second-order valence-corrected chi connectivity index (χ2v) is 4.31. The number of amides is 1. The Balaban J connectivity index is 2.30. The molecule has 1 saturated heterocycles. The molecule has 1 aliphatic rings. The van der Waals surface area contributed by atoms with Crippen LogP contribution < -0.4 is 4.90 Å². The molecule has 1 aromatic carbocycles. The standard InChI is InChI=1S/C12H10ClFN2O/c13-5-8-3-12(17)16(7-8)10-1-2-11(14)9(4-10)6-15/h1-2,4,8H,3,5,7H2. The summed E-state index contributed by atoms with van der Waals surface area (Å²) in [7, 11) is 0. The summed E-state index contributed by atoms with van der Waals surface area (Å²) in [5, 5.41) is 8.74. The van der Waals surface area contributed by atoms with Gasteiger partial charge < -0.3 is 4.90 Å². The van der Waals surface area contributed by atoms with E-state index in [4.69, 9.17) is 16.9 Å². The Kier molecular flexibility index (Phi) is 3.30. The molecule has 5 heteroatoms. The molecule has 0 aromatic heterocycles. The Morgan fingerprint density at radius 1 is 1.59 bits per heavy atom. The molecule has 1 heterocycles. The van der Waals surface area contributed by atoms with Crippen LogP contribution >= 0.6 is 11.6 Å². The minimum absolute atomic E-state index is 0.0360. The van der Waals surface area contributed by atoms with Crippen molar-refractivity contribution in [3.05, 3.63) is 29.6 Å². The molecule has 0 N–H and O–H groups in total. The molecule has 1 fully saturated rings. The number of hydrogen-bond donors (Lipinski definition) is 0. The fourth-order valence-corrected chi connectivity index (χ4v) is 2.11. The zero-order valence-corrected chi connectivity index (χ0v) is 9.75. The molecular formula is C12H10ClFN2O. The molecule has 2 rings (SSSR count). The van der Waals surface area contributed by atoms with Crippen LogP contribution in [0.5, 0.6) is 0 Å². The molecule has 0 radical (unpaired) electrons. The van der Waals surface area contributed by atoms with Gasteiger partial charge in [-0.2, -0.15) is 5.26 Å². The first-order valence-electron chi connectivity index (χ1n) is 5.21. The van der Waals surface area contributed by atoms with E-state index in [1.807, 2.05) is 0 Å². The molecule has 3 nitrogen and oxygen atoms in total. The number of rotatable bonds is 2. The van der Waals surface area contributed by atoms with E-state index in [0.717, 1.165) is 0 Å². The molecule has 0 saturated carbocycles. The highest BCUT2D eigenvalue weighted by Gasteiger charge is 2.30. The van der Waals surface area contributed by atoms with Crippen LogP contribution in [0.25, 0.3) is 0 Å². The van der Waals surface area contributed by atoms with Crippen molar-refractivity contribution in [2.24, 2.45) is 5.92 Å². The van der Waals surface area contributed by atoms with E-state index in [1.54, 1.807) is 11.0 Å². The first-order valence-corrected chi connectivity index (χ1v) is 5.75. The van der Waals surface area contributed by atoms with Crippen molar-refractivity contribution >= 4 is 23.2 Å². The van der Waals surface area contributed by atoms with Crippen LogP contribution in [0.15, 0.2) is 18.2 Å². The van der Waals surface area contributed by atoms with E-state index in [0.29, 0.717) is 24.5 Å². The van der Waals surface area contributed by atoms with E-state index >= 15 is 0 Å². The molecule has 1 aliphatic heterocycles. The SMILES string of the molecule is N#Cc1cc(N2CC(CCl)CC2=O)ccc1F. The van der Waals surface area contributed by atoms with Crippen molar-refractivity contribution in [2.45, 2.75) is 6.42 Å². The average Bonchev–Trinajstić information content (AvgIpc) is 2.71. The number of alkyl halides is 1. The normalized spacial score (nSPS) is 19.5. The van der Waals surface area contributed by atoms with Crippen LogP contribution in [0.2, 0.25) is 0 Å². The summed E-state index contributed by atoms with van der Waals surface area (Å²) in [5.41, 5.74) is 0.505. The summed E-state index contributed by atoms with van der Waals surface area (Å²) in [6, 6.07) is 5.86. The van der Waals surface area contributed by atoms with Crippen LogP contribution in [0, 0.1) is 23.1 Å². The number of halogens is 2. The van der Waals surface area contributed by atoms with Crippen molar-refractivity contribution in [2.75, 3.05) is 17.3 Å². The summed E-state index contributed by atoms with van der Waals surface area (Å²) in [4.78, 5) is 13.3. The molecule has 88 valence electrons. The van der Waals surface area contributed by atoms with E-state index in [2.05, 4.69) is 0 Å². The van der Waals surface area contributed by atoms with Crippen molar-refractivity contribution in [1.82, 2.24) is 0 Å². The Labute approximate surface area is 103 Å². The van der Waals surface area contributed by atoms with E-state index < -0.39 is 5.82 Å². The molecule has 1 aromatic rings. The largest absolute Gasteiger partial charge is 0.312 e. The zero-order chi connectivity index (χ0) is 12.4. The maximum atomic E-state index is 13.1. The lowest BCUT2D eigenvalue weighted by atomic mass is 10.1. The van der Waals surface area contributed by atoms with Crippen molar-refractivity contribution in [3.8, 4) is 6.07 Å². The molecular weight excluding hydrogens is 243 g/mol. The number of benzene rings is 1.